The maximum Gasteiger partial charge on any atom is 0.410 e. The molecule has 0 unspecified atom stereocenters. The molecule has 2 saturated heterocycles. The van der Waals surface area contributed by atoms with E-state index in [0.29, 0.717) is 19.6 Å². The van der Waals surface area contributed by atoms with Crippen molar-refractivity contribution in [3.8, 4) is 0 Å². The Morgan fingerprint density at radius 3 is 2.88 bits per heavy atom. The molecule has 4 atom stereocenters. The SMILES string of the molecule is CCCCOC(=O)N1[C@@H]2CC[C@H]1[C@H](F)[C@H](NCc1ccccc1)C2. The average Bonchev–Trinajstić information content (AvgIpc) is 2.95. The van der Waals surface area contributed by atoms with E-state index in [9.17, 15) is 9.18 Å². The highest BCUT2D eigenvalue weighted by atomic mass is 19.1. The van der Waals surface area contributed by atoms with Gasteiger partial charge in [0.2, 0.25) is 0 Å². The van der Waals surface area contributed by atoms with Gasteiger partial charge in [-0.15, -0.1) is 0 Å². The van der Waals surface area contributed by atoms with Crippen LogP contribution >= 0.6 is 0 Å². The normalized spacial score (nSPS) is 28.8. The standard InChI is InChI=1S/C19H27FN2O2/c1-2-3-11-24-19(23)22-15-9-10-17(22)18(20)16(12-15)21-13-14-7-5-4-6-8-14/h4-8,15-18,21H,2-3,9-13H2,1H3/t15-,16-,17+,18-/m1/s1. The smallest absolute Gasteiger partial charge is 0.410 e. The molecule has 132 valence electrons. The van der Waals surface area contributed by atoms with E-state index in [4.69, 9.17) is 4.74 Å². The summed E-state index contributed by atoms with van der Waals surface area (Å²) >= 11 is 0. The van der Waals surface area contributed by atoms with Crippen molar-refractivity contribution in [3.63, 3.8) is 0 Å². The number of halogens is 1. The van der Waals surface area contributed by atoms with E-state index < -0.39 is 6.17 Å². The van der Waals surface area contributed by atoms with Crippen LogP contribution in [0, 0.1) is 0 Å². The minimum atomic E-state index is -1.04. The largest absolute Gasteiger partial charge is 0.449 e. The van der Waals surface area contributed by atoms with Crippen LogP contribution in [0.2, 0.25) is 0 Å². The molecule has 2 aliphatic heterocycles. The summed E-state index contributed by atoms with van der Waals surface area (Å²) in [6, 6.07) is 9.59. The molecule has 1 amide bonds. The number of piperidine rings is 1. The summed E-state index contributed by atoms with van der Waals surface area (Å²) in [7, 11) is 0. The molecular formula is C19H27FN2O2. The van der Waals surface area contributed by atoms with Gasteiger partial charge in [0.1, 0.15) is 6.17 Å². The Morgan fingerprint density at radius 1 is 1.33 bits per heavy atom. The highest BCUT2D eigenvalue weighted by Crippen LogP contribution is 2.38. The molecule has 24 heavy (non-hydrogen) atoms. The zero-order valence-corrected chi connectivity index (χ0v) is 14.3. The van der Waals surface area contributed by atoms with Gasteiger partial charge in [0.25, 0.3) is 0 Å². The van der Waals surface area contributed by atoms with Crippen molar-refractivity contribution in [1.29, 1.82) is 0 Å². The zero-order chi connectivity index (χ0) is 16.9. The van der Waals surface area contributed by atoms with Gasteiger partial charge in [0.05, 0.1) is 12.6 Å². The molecule has 2 aliphatic rings. The number of benzene rings is 1. The van der Waals surface area contributed by atoms with Crippen molar-refractivity contribution >= 4 is 6.09 Å². The van der Waals surface area contributed by atoms with Crippen molar-refractivity contribution in [1.82, 2.24) is 10.2 Å². The molecular weight excluding hydrogens is 307 g/mol. The molecule has 5 heteroatoms. The van der Waals surface area contributed by atoms with Gasteiger partial charge in [-0.3, -0.25) is 4.90 Å². The minimum absolute atomic E-state index is 0.101. The number of nitrogens with zero attached hydrogens (tertiary/aromatic N) is 1. The van der Waals surface area contributed by atoms with Gasteiger partial charge in [-0.25, -0.2) is 9.18 Å². The summed E-state index contributed by atoms with van der Waals surface area (Å²) in [6.45, 7) is 3.14. The first-order chi connectivity index (χ1) is 11.7. The van der Waals surface area contributed by atoms with Crippen molar-refractivity contribution in [2.24, 2.45) is 0 Å². The zero-order valence-electron chi connectivity index (χ0n) is 14.3. The molecule has 1 aromatic rings. The fourth-order valence-electron chi connectivity index (χ4n) is 3.85. The first-order valence-electron chi connectivity index (χ1n) is 9.07. The van der Waals surface area contributed by atoms with Gasteiger partial charge in [0.15, 0.2) is 0 Å². The number of alkyl halides is 1. The Morgan fingerprint density at radius 2 is 2.12 bits per heavy atom. The van der Waals surface area contributed by atoms with E-state index in [1.807, 2.05) is 30.3 Å². The lowest BCUT2D eigenvalue weighted by Gasteiger charge is -2.40. The van der Waals surface area contributed by atoms with Crippen LogP contribution in [0.5, 0.6) is 0 Å². The molecule has 0 saturated carbocycles. The first kappa shape index (κ1) is 17.2. The fraction of sp³-hybridized carbons (Fsp3) is 0.632. The number of carbonyl (C=O) groups excluding carboxylic acids is 1. The number of carbonyl (C=O) groups is 1. The maximum absolute atomic E-state index is 14.9. The van der Waals surface area contributed by atoms with Crippen LogP contribution in [0.25, 0.3) is 0 Å². The maximum atomic E-state index is 14.9. The average molecular weight is 334 g/mol. The minimum Gasteiger partial charge on any atom is -0.449 e. The van der Waals surface area contributed by atoms with Crippen molar-refractivity contribution < 1.29 is 13.9 Å². The molecule has 2 fully saturated rings. The summed E-state index contributed by atoms with van der Waals surface area (Å²) in [4.78, 5) is 13.9. The number of hydrogen-bond acceptors (Lipinski definition) is 3. The third-order valence-corrected chi connectivity index (χ3v) is 5.17. The van der Waals surface area contributed by atoms with Gasteiger partial charge in [0, 0.05) is 18.6 Å². The Bertz CT molecular complexity index is 539. The second-order valence-electron chi connectivity index (χ2n) is 6.83. The Labute approximate surface area is 143 Å². The summed E-state index contributed by atoms with van der Waals surface area (Å²) in [5.74, 6) is 0. The third kappa shape index (κ3) is 3.72. The van der Waals surface area contributed by atoms with Crippen LogP contribution in [-0.2, 0) is 11.3 Å². The van der Waals surface area contributed by atoms with Crippen LogP contribution < -0.4 is 5.32 Å². The lowest BCUT2D eigenvalue weighted by molar-refractivity contribution is 0.0242. The number of amides is 1. The highest BCUT2D eigenvalue weighted by Gasteiger charge is 2.50. The van der Waals surface area contributed by atoms with E-state index in [0.717, 1.165) is 31.2 Å². The van der Waals surface area contributed by atoms with E-state index in [1.165, 1.54) is 0 Å². The number of unbranched alkanes of at least 4 members (excludes halogenated alkanes) is 1. The molecule has 1 N–H and O–H groups in total. The van der Waals surface area contributed by atoms with Crippen LogP contribution in [0.15, 0.2) is 30.3 Å². The van der Waals surface area contributed by atoms with E-state index in [2.05, 4.69) is 12.2 Å². The van der Waals surface area contributed by atoms with Gasteiger partial charge in [-0.2, -0.15) is 0 Å². The van der Waals surface area contributed by atoms with Crippen molar-refractivity contribution in [2.75, 3.05) is 6.61 Å². The van der Waals surface area contributed by atoms with Crippen molar-refractivity contribution in [2.45, 2.75) is 69.9 Å². The fourth-order valence-corrected chi connectivity index (χ4v) is 3.85. The van der Waals surface area contributed by atoms with E-state index in [1.54, 1.807) is 4.90 Å². The number of ether oxygens (including phenoxy) is 1. The van der Waals surface area contributed by atoms with Crippen molar-refractivity contribution in [3.05, 3.63) is 35.9 Å². The van der Waals surface area contributed by atoms with Crippen LogP contribution in [0.1, 0.15) is 44.6 Å². The van der Waals surface area contributed by atoms with E-state index >= 15 is 0 Å². The monoisotopic (exact) mass is 334 g/mol. The molecule has 0 aliphatic carbocycles. The van der Waals surface area contributed by atoms with Gasteiger partial charge in [-0.05, 0) is 31.2 Å². The highest BCUT2D eigenvalue weighted by molar-refractivity contribution is 5.69. The summed E-state index contributed by atoms with van der Waals surface area (Å²) < 4.78 is 20.2. The summed E-state index contributed by atoms with van der Waals surface area (Å²) in [6.07, 6.45) is 2.74. The molecule has 1 aromatic carbocycles. The van der Waals surface area contributed by atoms with Crippen LogP contribution in [-0.4, -0.2) is 41.9 Å². The lowest BCUT2D eigenvalue weighted by atomic mass is 9.95. The molecule has 0 radical (unpaired) electrons. The molecule has 0 spiro atoms. The number of nitrogens with one attached hydrogen (secondary N) is 1. The number of hydrogen-bond donors (Lipinski definition) is 1. The lowest BCUT2D eigenvalue weighted by Crippen LogP contribution is -2.58. The molecule has 2 bridgehead atoms. The topological polar surface area (TPSA) is 41.6 Å². The Hall–Kier alpha value is -1.62. The molecule has 3 rings (SSSR count). The number of fused-ring (bicyclic) bond motifs is 2. The van der Waals surface area contributed by atoms with Crippen LogP contribution in [0.3, 0.4) is 0 Å². The second kappa shape index (κ2) is 7.97. The van der Waals surface area contributed by atoms with Gasteiger partial charge in [-0.1, -0.05) is 43.7 Å². The predicted molar refractivity (Wildman–Crippen MR) is 91.5 cm³/mol. The second-order valence-corrected chi connectivity index (χ2v) is 6.83. The summed E-state index contributed by atoms with van der Waals surface area (Å²) in [5.41, 5.74) is 1.15. The molecule has 0 aromatic heterocycles. The van der Waals surface area contributed by atoms with Gasteiger partial charge < -0.3 is 10.1 Å². The first-order valence-corrected chi connectivity index (χ1v) is 9.07. The number of rotatable bonds is 6. The van der Waals surface area contributed by atoms with E-state index in [-0.39, 0.29) is 24.2 Å². The Kier molecular flexibility index (Phi) is 5.72. The Balaban J connectivity index is 1.56. The summed E-state index contributed by atoms with van der Waals surface area (Å²) in [5, 5.41) is 3.35. The molecule has 4 nitrogen and oxygen atoms in total. The molecule has 2 heterocycles. The third-order valence-electron chi connectivity index (χ3n) is 5.17. The van der Waals surface area contributed by atoms with Crippen LogP contribution in [0.4, 0.5) is 9.18 Å². The van der Waals surface area contributed by atoms with Gasteiger partial charge >= 0.3 is 6.09 Å². The predicted octanol–water partition coefficient (Wildman–Crippen LogP) is 3.66. The quantitative estimate of drug-likeness (QED) is 0.807.